The molecule has 0 saturated heterocycles. The Morgan fingerprint density at radius 1 is 0.750 bits per heavy atom. The second kappa shape index (κ2) is 9.65. The number of carbonyl (C=O) groups excluding carboxylic acids is 2. The fourth-order valence-electron chi connectivity index (χ4n) is 2.06. The van der Waals surface area contributed by atoms with Crippen molar-refractivity contribution in [3.05, 3.63) is 59.7 Å². The minimum atomic E-state index is -0.0252. The maximum absolute atomic E-state index is 12.2. The molecular weight excluding hydrogens is 434 g/mol. The van der Waals surface area contributed by atoms with Crippen LogP contribution in [0, 0.1) is 0 Å². The zero-order valence-electron chi connectivity index (χ0n) is 13.7. The van der Waals surface area contributed by atoms with Crippen LogP contribution in [-0.4, -0.2) is 51.2 Å². The van der Waals surface area contributed by atoms with Gasteiger partial charge in [-0.05, 0) is 0 Å². The maximum atomic E-state index is 12.2. The summed E-state index contributed by atoms with van der Waals surface area (Å²) < 4.78 is 2.17. The average Bonchev–Trinajstić information content (AvgIpc) is 2.61. The van der Waals surface area contributed by atoms with E-state index in [2.05, 4.69) is 10.6 Å². The quantitative estimate of drug-likeness (QED) is 0.598. The molecule has 0 atom stereocenters. The fraction of sp³-hybridized carbons (Fsp3) is 0.222. The van der Waals surface area contributed by atoms with E-state index >= 15 is 0 Å². The van der Waals surface area contributed by atoms with Gasteiger partial charge in [-0.15, -0.1) is 0 Å². The van der Waals surface area contributed by atoms with Crippen LogP contribution in [0.15, 0.2) is 48.5 Å². The molecule has 24 heavy (non-hydrogen) atoms. The Morgan fingerprint density at radius 3 is 1.50 bits per heavy atom. The van der Waals surface area contributed by atoms with E-state index in [0.717, 1.165) is 20.1 Å². The topological polar surface area (TPSA) is 58.2 Å². The molecule has 4 nitrogen and oxygen atoms in total. The molecule has 2 N–H and O–H groups in total. The Kier molecular flexibility index (Phi) is 7.54. The molecule has 2 aromatic carbocycles. The van der Waals surface area contributed by atoms with Gasteiger partial charge in [0.25, 0.3) is 0 Å². The molecule has 0 saturated carbocycles. The molecule has 0 aliphatic carbocycles. The zero-order valence-corrected chi connectivity index (χ0v) is 17.1. The van der Waals surface area contributed by atoms with E-state index in [1.54, 1.807) is 0 Å². The molecule has 0 unspecified atom stereocenters. The summed E-state index contributed by atoms with van der Waals surface area (Å²) in [6, 6.07) is 15.5. The Balaban J connectivity index is 2.18. The molecule has 2 amide bonds. The van der Waals surface area contributed by atoms with Crippen molar-refractivity contribution in [1.82, 2.24) is 10.6 Å². The van der Waals surface area contributed by atoms with E-state index in [0.29, 0.717) is 13.1 Å². The van der Waals surface area contributed by atoms with Gasteiger partial charge in [0, 0.05) is 0 Å². The summed E-state index contributed by atoms with van der Waals surface area (Å²) in [6.45, 7) is 5.06. The van der Waals surface area contributed by atoms with Crippen LogP contribution in [0.4, 0.5) is 0 Å². The summed E-state index contributed by atoms with van der Waals surface area (Å²) in [4.78, 5) is 24.4. The first-order valence-electron chi connectivity index (χ1n) is 7.76. The number of carbonyl (C=O) groups is 2. The summed E-state index contributed by atoms with van der Waals surface area (Å²) in [7, 11) is 0. The number of hydrogen-bond acceptors (Lipinski definition) is 2. The van der Waals surface area contributed by atoms with Crippen LogP contribution in [0.25, 0.3) is 0 Å². The Labute approximate surface area is 153 Å². The standard InChI is InChI=1S/C18H20N2O2Se2/c1-3-19-17(21)13-9-5-7-11-15(13)23-24-16-12-8-6-10-14(16)18(22)20-4-2/h5-12H,3-4H2,1-2H3,(H,19,21)(H,20,22). The zero-order chi connectivity index (χ0) is 17.4. The fourth-order valence-corrected chi connectivity index (χ4v) is 9.17. The predicted octanol–water partition coefficient (Wildman–Crippen LogP) is 0.460. The van der Waals surface area contributed by atoms with Gasteiger partial charge in [0.05, 0.1) is 0 Å². The van der Waals surface area contributed by atoms with E-state index in [4.69, 9.17) is 0 Å². The molecule has 0 bridgehead atoms. The summed E-state index contributed by atoms with van der Waals surface area (Å²) in [5.74, 6) is -0.0504. The molecular formula is C18H20N2O2Se2. The Hall–Kier alpha value is -1.58. The third-order valence-electron chi connectivity index (χ3n) is 3.16. The van der Waals surface area contributed by atoms with Crippen molar-refractivity contribution in [2.45, 2.75) is 13.8 Å². The van der Waals surface area contributed by atoms with Crippen LogP contribution in [0.3, 0.4) is 0 Å². The van der Waals surface area contributed by atoms with Crippen LogP contribution in [0.2, 0.25) is 0 Å². The molecule has 0 heterocycles. The molecule has 0 aliphatic rings. The molecule has 2 rings (SSSR count). The van der Waals surface area contributed by atoms with Gasteiger partial charge >= 0.3 is 154 Å². The van der Waals surface area contributed by atoms with Crippen molar-refractivity contribution in [1.29, 1.82) is 0 Å². The van der Waals surface area contributed by atoms with Crippen LogP contribution in [0.5, 0.6) is 0 Å². The van der Waals surface area contributed by atoms with Gasteiger partial charge in [0.1, 0.15) is 0 Å². The minimum absolute atomic E-state index is 0.0252. The summed E-state index contributed by atoms with van der Waals surface area (Å²) in [6.07, 6.45) is 0. The molecule has 0 aliphatic heterocycles. The van der Waals surface area contributed by atoms with Crippen LogP contribution >= 0.6 is 0 Å². The SMILES string of the molecule is CCNC(=O)c1ccccc1[Se][Se]c1ccccc1C(=O)NCC. The summed E-state index contributed by atoms with van der Waals surface area (Å²) in [5, 5.41) is 5.72. The first-order chi connectivity index (χ1) is 11.7. The number of amides is 2. The third-order valence-corrected chi connectivity index (χ3v) is 10.4. The molecule has 126 valence electrons. The molecule has 6 heteroatoms. The van der Waals surface area contributed by atoms with Crippen molar-refractivity contribution in [3.63, 3.8) is 0 Å². The van der Waals surface area contributed by atoms with Gasteiger partial charge in [0.2, 0.25) is 0 Å². The summed E-state index contributed by atoms with van der Waals surface area (Å²) >= 11 is 0.272. The van der Waals surface area contributed by atoms with E-state index in [-0.39, 0.29) is 38.1 Å². The first kappa shape index (κ1) is 18.8. The van der Waals surface area contributed by atoms with E-state index in [1.807, 2.05) is 62.4 Å². The summed E-state index contributed by atoms with van der Waals surface area (Å²) in [5.41, 5.74) is 1.49. The molecule has 0 aromatic heterocycles. The van der Waals surface area contributed by atoms with Crippen molar-refractivity contribution in [3.8, 4) is 0 Å². The van der Waals surface area contributed by atoms with Gasteiger partial charge in [-0.1, -0.05) is 0 Å². The van der Waals surface area contributed by atoms with Crippen molar-refractivity contribution in [2.75, 3.05) is 13.1 Å². The average molecular weight is 454 g/mol. The molecule has 0 radical (unpaired) electrons. The Bertz CT molecular complexity index is 658. The van der Waals surface area contributed by atoms with E-state index in [1.165, 1.54) is 0 Å². The van der Waals surface area contributed by atoms with Gasteiger partial charge in [-0.2, -0.15) is 0 Å². The Morgan fingerprint density at radius 2 is 1.12 bits per heavy atom. The number of nitrogens with one attached hydrogen (secondary N) is 2. The van der Waals surface area contributed by atoms with Crippen molar-refractivity contribution < 1.29 is 9.59 Å². The number of hydrogen-bond donors (Lipinski definition) is 2. The molecule has 2 aromatic rings. The second-order valence-corrected chi connectivity index (χ2v) is 11.1. The van der Waals surface area contributed by atoms with Gasteiger partial charge in [-0.3, -0.25) is 0 Å². The van der Waals surface area contributed by atoms with Gasteiger partial charge in [-0.25, -0.2) is 0 Å². The predicted molar refractivity (Wildman–Crippen MR) is 99.7 cm³/mol. The number of benzene rings is 2. The van der Waals surface area contributed by atoms with Crippen molar-refractivity contribution in [2.24, 2.45) is 0 Å². The molecule has 0 spiro atoms. The van der Waals surface area contributed by atoms with Gasteiger partial charge in [0.15, 0.2) is 0 Å². The van der Waals surface area contributed by atoms with Crippen molar-refractivity contribution >= 4 is 47.0 Å². The van der Waals surface area contributed by atoms with E-state index in [9.17, 15) is 9.59 Å². The molecule has 0 fully saturated rings. The monoisotopic (exact) mass is 456 g/mol. The van der Waals surface area contributed by atoms with Gasteiger partial charge < -0.3 is 0 Å². The normalized spacial score (nSPS) is 10.2. The number of rotatable bonds is 7. The first-order valence-corrected chi connectivity index (χ1v) is 13.8. The second-order valence-electron chi connectivity index (χ2n) is 4.88. The van der Waals surface area contributed by atoms with Crippen LogP contribution in [-0.2, 0) is 0 Å². The third kappa shape index (κ3) is 4.96. The van der Waals surface area contributed by atoms with Crippen LogP contribution in [0.1, 0.15) is 34.6 Å². The van der Waals surface area contributed by atoms with E-state index < -0.39 is 0 Å². The van der Waals surface area contributed by atoms with Crippen LogP contribution < -0.4 is 19.6 Å².